The van der Waals surface area contributed by atoms with Crippen LogP contribution in [0.25, 0.3) is 10.9 Å². The normalized spacial score (nSPS) is 18.9. The van der Waals surface area contributed by atoms with Crippen LogP contribution in [0.4, 0.5) is 11.6 Å². The van der Waals surface area contributed by atoms with Crippen molar-refractivity contribution < 1.29 is 4.79 Å². The van der Waals surface area contributed by atoms with E-state index in [0.717, 1.165) is 17.6 Å². The Balaban J connectivity index is 0.00000218. The molecule has 2 fully saturated rings. The molecule has 1 atom stereocenters. The molecule has 1 aliphatic carbocycles. The highest BCUT2D eigenvalue weighted by Gasteiger charge is 2.27. The number of hydrogen-bond donors (Lipinski definition) is 3. The summed E-state index contributed by atoms with van der Waals surface area (Å²) in [6.07, 6.45) is 2.38. The molecular weight excluding hydrogens is 425 g/mol. The lowest BCUT2D eigenvalue weighted by Gasteiger charge is -2.31. The predicted molar refractivity (Wildman–Crippen MR) is 119 cm³/mol. The van der Waals surface area contributed by atoms with Crippen molar-refractivity contribution in [3.05, 3.63) is 40.8 Å². The summed E-state index contributed by atoms with van der Waals surface area (Å²) < 4.78 is 0. The number of aromatic amines is 1. The van der Waals surface area contributed by atoms with Gasteiger partial charge in [0.15, 0.2) is 5.82 Å². The summed E-state index contributed by atoms with van der Waals surface area (Å²) >= 11 is 6.20. The minimum Gasteiger partial charge on any atom is -0.333 e. The largest absolute Gasteiger partial charge is 0.333 e. The number of rotatable bonds is 4. The smallest absolute Gasteiger partial charge is 0.291 e. The average molecular weight is 448 g/mol. The third-order valence-corrected chi connectivity index (χ3v) is 5.60. The third-order valence-electron chi connectivity index (χ3n) is 5.37. The van der Waals surface area contributed by atoms with Crippen molar-refractivity contribution in [2.45, 2.75) is 31.7 Å². The van der Waals surface area contributed by atoms with E-state index in [1.165, 1.54) is 12.8 Å². The van der Waals surface area contributed by atoms with E-state index >= 15 is 0 Å². The molecule has 1 saturated heterocycles. The number of amides is 1. The van der Waals surface area contributed by atoms with Gasteiger partial charge < -0.3 is 15.5 Å². The Kier molecular flexibility index (Phi) is 5.81. The van der Waals surface area contributed by atoms with Gasteiger partial charge in [0.1, 0.15) is 5.82 Å². The third kappa shape index (κ3) is 4.21. The van der Waals surface area contributed by atoms with Crippen molar-refractivity contribution in [3.63, 3.8) is 0 Å². The molecule has 0 unspecified atom stereocenters. The molecular formula is C20H23Cl2N7O. The van der Waals surface area contributed by atoms with E-state index in [4.69, 9.17) is 11.6 Å². The maximum absolute atomic E-state index is 13.1. The number of H-pyrrole nitrogens is 1. The summed E-state index contributed by atoms with van der Waals surface area (Å²) in [5.74, 6) is 1.77. The summed E-state index contributed by atoms with van der Waals surface area (Å²) in [6, 6.07) is 7.61. The molecule has 158 valence electrons. The van der Waals surface area contributed by atoms with E-state index in [9.17, 15) is 4.79 Å². The fraction of sp³-hybridized carbons (Fsp3) is 0.400. The summed E-state index contributed by atoms with van der Waals surface area (Å²) in [4.78, 5) is 23.9. The van der Waals surface area contributed by atoms with E-state index in [1.807, 2.05) is 12.1 Å². The number of nitrogens with one attached hydrogen (secondary N) is 3. The lowest BCUT2D eigenvalue weighted by atomic mass is 10.2. The van der Waals surface area contributed by atoms with Crippen molar-refractivity contribution in [3.8, 4) is 0 Å². The molecule has 1 aromatic carbocycles. The van der Waals surface area contributed by atoms with Gasteiger partial charge in [0, 0.05) is 53.8 Å². The van der Waals surface area contributed by atoms with Crippen LogP contribution in [-0.4, -0.2) is 56.6 Å². The van der Waals surface area contributed by atoms with E-state index in [-0.39, 0.29) is 30.2 Å². The highest BCUT2D eigenvalue weighted by atomic mass is 35.5. The fourth-order valence-electron chi connectivity index (χ4n) is 3.68. The molecule has 30 heavy (non-hydrogen) atoms. The number of benzene rings is 1. The van der Waals surface area contributed by atoms with Crippen molar-refractivity contribution >= 4 is 52.5 Å². The van der Waals surface area contributed by atoms with E-state index in [2.05, 4.69) is 37.7 Å². The first-order chi connectivity index (χ1) is 14.1. The number of carbonyl (C=O) groups excluding carboxylic acids is 1. The van der Waals surface area contributed by atoms with Gasteiger partial charge in [-0.15, -0.1) is 12.4 Å². The molecule has 2 aliphatic rings. The van der Waals surface area contributed by atoms with Crippen LogP contribution in [0.1, 0.15) is 42.0 Å². The van der Waals surface area contributed by atoms with Crippen LogP contribution >= 0.6 is 24.0 Å². The number of hydrogen-bond acceptors (Lipinski definition) is 6. The van der Waals surface area contributed by atoms with Gasteiger partial charge in [0.05, 0.1) is 5.52 Å². The SMILES string of the molecule is C[C@H]1CN(C(=O)c2nc(Nc3cc(C4CC4)[nH]n3)c3cc(Cl)ccc3n2)CCN1.Cl. The second-order valence-corrected chi connectivity index (χ2v) is 8.21. The number of nitrogens with zero attached hydrogens (tertiary/aromatic N) is 4. The first-order valence-electron chi connectivity index (χ1n) is 9.89. The van der Waals surface area contributed by atoms with Gasteiger partial charge in [0.2, 0.25) is 5.82 Å². The first kappa shape index (κ1) is 20.8. The number of anilines is 2. The van der Waals surface area contributed by atoms with Crippen LogP contribution in [-0.2, 0) is 0 Å². The van der Waals surface area contributed by atoms with Gasteiger partial charge in [-0.05, 0) is 38.0 Å². The Labute approximate surface area is 185 Å². The molecule has 0 radical (unpaired) electrons. The molecule has 3 N–H and O–H groups in total. The van der Waals surface area contributed by atoms with E-state index in [1.54, 1.807) is 17.0 Å². The Morgan fingerprint density at radius 1 is 1.27 bits per heavy atom. The first-order valence-corrected chi connectivity index (χ1v) is 10.3. The van der Waals surface area contributed by atoms with Crippen molar-refractivity contribution in [2.24, 2.45) is 0 Å². The molecule has 1 aliphatic heterocycles. The van der Waals surface area contributed by atoms with Gasteiger partial charge in [-0.25, -0.2) is 9.97 Å². The van der Waals surface area contributed by atoms with Crippen LogP contribution < -0.4 is 10.6 Å². The van der Waals surface area contributed by atoms with Crippen LogP contribution in [0.5, 0.6) is 0 Å². The van der Waals surface area contributed by atoms with E-state index in [0.29, 0.717) is 41.2 Å². The predicted octanol–water partition coefficient (Wildman–Crippen LogP) is 3.48. The number of aromatic nitrogens is 4. The summed E-state index contributed by atoms with van der Waals surface area (Å²) in [7, 11) is 0. The molecule has 0 bridgehead atoms. The maximum Gasteiger partial charge on any atom is 0.291 e. The summed E-state index contributed by atoms with van der Waals surface area (Å²) in [5.41, 5.74) is 1.78. The molecule has 0 spiro atoms. The minimum atomic E-state index is -0.168. The lowest BCUT2D eigenvalue weighted by molar-refractivity contribution is 0.0697. The molecule has 3 heterocycles. The van der Waals surface area contributed by atoms with Gasteiger partial charge >= 0.3 is 0 Å². The topological polar surface area (TPSA) is 98.8 Å². The van der Waals surface area contributed by atoms with Gasteiger partial charge in [0.25, 0.3) is 5.91 Å². The molecule has 1 saturated carbocycles. The Hall–Kier alpha value is -2.42. The monoisotopic (exact) mass is 447 g/mol. The Bertz CT molecular complexity index is 1080. The second kappa shape index (κ2) is 8.37. The number of fused-ring (bicyclic) bond motifs is 1. The van der Waals surface area contributed by atoms with E-state index < -0.39 is 0 Å². The standard InChI is InChI=1S/C20H22ClN7O.ClH/c1-11-10-28(7-6-22-11)20(29)19-23-15-5-4-13(21)8-14(15)18(25-19)24-17-9-16(26-27-17)12-2-3-12;/h4-5,8-9,11-12,22H,2-3,6-7,10H2,1H3,(H2,23,24,25,26,27);1H/t11-;/m0./s1. The maximum atomic E-state index is 13.1. The Morgan fingerprint density at radius 2 is 2.10 bits per heavy atom. The average Bonchev–Trinajstić information content (AvgIpc) is 3.47. The highest BCUT2D eigenvalue weighted by molar-refractivity contribution is 6.31. The van der Waals surface area contributed by atoms with Gasteiger partial charge in [-0.3, -0.25) is 9.89 Å². The number of piperazine rings is 1. The highest BCUT2D eigenvalue weighted by Crippen LogP contribution is 2.39. The number of carbonyl (C=O) groups is 1. The quantitative estimate of drug-likeness (QED) is 0.565. The van der Waals surface area contributed by atoms with Crippen LogP contribution in [0, 0.1) is 0 Å². The molecule has 3 aromatic rings. The molecule has 5 rings (SSSR count). The van der Waals surface area contributed by atoms with Crippen molar-refractivity contribution in [2.75, 3.05) is 25.0 Å². The van der Waals surface area contributed by atoms with Crippen molar-refractivity contribution in [1.82, 2.24) is 30.4 Å². The van der Waals surface area contributed by atoms with Gasteiger partial charge in [-0.2, -0.15) is 5.10 Å². The lowest BCUT2D eigenvalue weighted by Crippen LogP contribution is -2.51. The fourth-order valence-corrected chi connectivity index (χ4v) is 3.85. The number of halogens is 2. The zero-order valence-electron chi connectivity index (χ0n) is 16.5. The summed E-state index contributed by atoms with van der Waals surface area (Å²) in [5, 5.41) is 15.3. The Morgan fingerprint density at radius 3 is 2.87 bits per heavy atom. The molecule has 10 heteroatoms. The molecule has 8 nitrogen and oxygen atoms in total. The van der Waals surface area contributed by atoms with Crippen LogP contribution in [0.15, 0.2) is 24.3 Å². The molecule has 1 amide bonds. The van der Waals surface area contributed by atoms with Gasteiger partial charge in [-0.1, -0.05) is 11.6 Å². The van der Waals surface area contributed by atoms with Crippen molar-refractivity contribution in [1.29, 1.82) is 0 Å². The second-order valence-electron chi connectivity index (χ2n) is 7.77. The summed E-state index contributed by atoms with van der Waals surface area (Å²) in [6.45, 7) is 4.09. The van der Waals surface area contributed by atoms with Crippen LogP contribution in [0.2, 0.25) is 5.02 Å². The van der Waals surface area contributed by atoms with Crippen LogP contribution in [0.3, 0.4) is 0 Å². The molecule has 2 aromatic heterocycles. The zero-order valence-corrected chi connectivity index (χ0v) is 18.1. The minimum absolute atomic E-state index is 0. The zero-order chi connectivity index (χ0) is 20.0.